The molecule has 0 N–H and O–H groups in total. The van der Waals surface area contributed by atoms with Crippen LogP contribution in [-0.4, -0.2) is 9.97 Å². The Morgan fingerprint density at radius 2 is 1.44 bits per heavy atom. The molecule has 0 aliphatic heterocycles. The van der Waals surface area contributed by atoms with Crippen LogP contribution >= 0.6 is 0 Å². The average Bonchev–Trinajstić information content (AvgIpc) is 2.39. The standard InChI is InChI=1S/C15H11FN2/c1-10-15(11-6-8-12(16)9-7-11)18-14-5-3-2-4-13(14)17-10/h2-9H,1H3. The first-order valence-corrected chi connectivity index (χ1v) is 5.73. The van der Waals surface area contributed by atoms with E-state index in [1.165, 1.54) is 12.1 Å². The van der Waals surface area contributed by atoms with E-state index in [0.717, 1.165) is 28.0 Å². The lowest BCUT2D eigenvalue weighted by molar-refractivity contribution is 0.628. The van der Waals surface area contributed by atoms with E-state index in [1.807, 2.05) is 31.2 Å². The largest absolute Gasteiger partial charge is 0.249 e. The number of halogens is 1. The van der Waals surface area contributed by atoms with Crippen LogP contribution in [0.1, 0.15) is 5.69 Å². The van der Waals surface area contributed by atoms with Crippen LogP contribution in [0, 0.1) is 12.7 Å². The predicted molar refractivity (Wildman–Crippen MR) is 69.7 cm³/mol. The molecule has 3 heteroatoms. The molecular weight excluding hydrogens is 227 g/mol. The highest BCUT2D eigenvalue weighted by molar-refractivity contribution is 5.78. The van der Waals surface area contributed by atoms with Gasteiger partial charge in [-0.05, 0) is 43.3 Å². The van der Waals surface area contributed by atoms with Crippen LogP contribution in [0.3, 0.4) is 0 Å². The van der Waals surface area contributed by atoms with Crippen LogP contribution in [0.5, 0.6) is 0 Å². The Morgan fingerprint density at radius 1 is 0.833 bits per heavy atom. The molecule has 0 saturated carbocycles. The molecule has 88 valence electrons. The van der Waals surface area contributed by atoms with Crippen LogP contribution in [0.15, 0.2) is 48.5 Å². The Balaban J connectivity index is 2.22. The third-order valence-electron chi connectivity index (χ3n) is 2.86. The Morgan fingerprint density at radius 3 is 2.11 bits per heavy atom. The summed E-state index contributed by atoms with van der Waals surface area (Å²) in [5.74, 6) is -0.245. The summed E-state index contributed by atoms with van der Waals surface area (Å²) >= 11 is 0. The molecule has 0 aliphatic carbocycles. The minimum Gasteiger partial charge on any atom is -0.249 e. The molecule has 18 heavy (non-hydrogen) atoms. The fourth-order valence-electron chi connectivity index (χ4n) is 1.97. The van der Waals surface area contributed by atoms with E-state index in [4.69, 9.17) is 0 Å². The number of hydrogen-bond donors (Lipinski definition) is 0. The molecule has 1 heterocycles. The Hall–Kier alpha value is -2.29. The first-order chi connectivity index (χ1) is 8.74. The summed E-state index contributed by atoms with van der Waals surface area (Å²) in [5, 5.41) is 0. The maximum Gasteiger partial charge on any atom is 0.123 e. The van der Waals surface area contributed by atoms with Gasteiger partial charge in [-0.1, -0.05) is 12.1 Å². The van der Waals surface area contributed by atoms with Gasteiger partial charge >= 0.3 is 0 Å². The van der Waals surface area contributed by atoms with Gasteiger partial charge in [0.1, 0.15) is 5.82 Å². The molecule has 0 saturated heterocycles. The topological polar surface area (TPSA) is 25.8 Å². The first-order valence-electron chi connectivity index (χ1n) is 5.73. The van der Waals surface area contributed by atoms with Crippen molar-refractivity contribution in [3.05, 3.63) is 60.0 Å². The zero-order valence-corrected chi connectivity index (χ0v) is 9.89. The molecule has 0 radical (unpaired) electrons. The Labute approximate surface area is 104 Å². The zero-order chi connectivity index (χ0) is 12.5. The maximum atomic E-state index is 12.9. The number of para-hydroxylation sites is 2. The van der Waals surface area contributed by atoms with Crippen molar-refractivity contribution in [3.8, 4) is 11.3 Å². The van der Waals surface area contributed by atoms with E-state index < -0.39 is 0 Å². The van der Waals surface area contributed by atoms with Crippen LogP contribution in [0.2, 0.25) is 0 Å². The molecule has 2 nitrogen and oxygen atoms in total. The molecule has 1 aromatic heterocycles. The fourth-order valence-corrected chi connectivity index (χ4v) is 1.97. The van der Waals surface area contributed by atoms with Crippen molar-refractivity contribution in [1.29, 1.82) is 0 Å². The van der Waals surface area contributed by atoms with Gasteiger partial charge in [0.15, 0.2) is 0 Å². The monoisotopic (exact) mass is 238 g/mol. The third-order valence-corrected chi connectivity index (χ3v) is 2.86. The molecule has 3 rings (SSSR count). The SMILES string of the molecule is Cc1nc2ccccc2nc1-c1ccc(F)cc1. The highest BCUT2D eigenvalue weighted by atomic mass is 19.1. The molecule has 0 spiro atoms. The van der Waals surface area contributed by atoms with E-state index in [0.29, 0.717) is 0 Å². The van der Waals surface area contributed by atoms with Crippen LogP contribution < -0.4 is 0 Å². The second-order valence-electron chi connectivity index (χ2n) is 4.15. The Kier molecular flexibility index (Phi) is 2.52. The Bertz CT molecular complexity index is 705. The number of fused-ring (bicyclic) bond motifs is 1. The number of aryl methyl sites for hydroxylation is 1. The van der Waals surface area contributed by atoms with E-state index in [2.05, 4.69) is 9.97 Å². The van der Waals surface area contributed by atoms with Crippen LogP contribution in [0.25, 0.3) is 22.3 Å². The molecule has 0 fully saturated rings. The quantitative estimate of drug-likeness (QED) is 0.645. The minimum absolute atomic E-state index is 0.245. The van der Waals surface area contributed by atoms with Gasteiger partial charge < -0.3 is 0 Å². The third kappa shape index (κ3) is 1.84. The fraction of sp³-hybridized carbons (Fsp3) is 0.0667. The summed E-state index contributed by atoms with van der Waals surface area (Å²) in [5.41, 5.74) is 4.25. The van der Waals surface area contributed by atoms with E-state index in [9.17, 15) is 4.39 Å². The zero-order valence-electron chi connectivity index (χ0n) is 9.89. The smallest absolute Gasteiger partial charge is 0.123 e. The van der Waals surface area contributed by atoms with Crippen molar-refractivity contribution in [2.45, 2.75) is 6.92 Å². The number of benzene rings is 2. The second kappa shape index (κ2) is 4.18. The van der Waals surface area contributed by atoms with E-state index in [1.54, 1.807) is 12.1 Å². The summed E-state index contributed by atoms with van der Waals surface area (Å²) in [6.07, 6.45) is 0. The van der Waals surface area contributed by atoms with Gasteiger partial charge in [0.25, 0.3) is 0 Å². The van der Waals surface area contributed by atoms with Crippen molar-refractivity contribution in [2.24, 2.45) is 0 Å². The van der Waals surface area contributed by atoms with Crippen LogP contribution in [0.4, 0.5) is 4.39 Å². The lowest BCUT2D eigenvalue weighted by atomic mass is 10.1. The molecular formula is C15H11FN2. The molecule has 0 bridgehead atoms. The number of rotatable bonds is 1. The van der Waals surface area contributed by atoms with Gasteiger partial charge in [-0.2, -0.15) is 0 Å². The molecule has 3 aromatic rings. The van der Waals surface area contributed by atoms with Crippen molar-refractivity contribution in [2.75, 3.05) is 0 Å². The average molecular weight is 238 g/mol. The molecule has 2 aromatic carbocycles. The lowest BCUT2D eigenvalue weighted by Gasteiger charge is -2.06. The summed E-state index contributed by atoms with van der Waals surface area (Å²) in [6.45, 7) is 1.91. The van der Waals surface area contributed by atoms with Crippen molar-refractivity contribution in [3.63, 3.8) is 0 Å². The predicted octanol–water partition coefficient (Wildman–Crippen LogP) is 3.74. The number of aromatic nitrogens is 2. The van der Waals surface area contributed by atoms with Gasteiger partial charge in [-0.15, -0.1) is 0 Å². The first kappa shape index (κ1) is 10.8. The van der Waals surface area contributed by atoms with Crippen molar-refractivity contribution < 1.29 is 4.39 Å². The van der Waals surface area contributed by atoms with E-state index in [-0.39, 0.29) is 5.82 Å². The molecule has 0 amide bonds. The highest BCUT2D eigenvalue weighted by Crippen LogP contribution is 2.22. The summed E-state index contributed by atoms with van der Waals surface area (Å²) in [4.78, 5) is 9.11. The van der Waals surface area contributed by atoms with E-state index >= 15 is 0 Å². The van der Waals surface area contributed by atoms with Crippen LogP contribution in [-0.2, 0) is 0 Å². The maximum absolute atomic E-state index is 12.9. The summed E-state index contributed by atoms with van der Waals surface area (Å²) < 4.78 is 12.9. The minimum atomic E-state index is -0.245. The summed E-state index contributed by atoms with van der Waals surface area (Å²) in [7, 11) is 0. The van der Waals surface area contributed by atoms with Gasteiger partial charge in [-0.3, -0.25) is 0 Å². The second-order valence-corrected chi connectivity index (χ2v) is 4.15. The van der Waals surface area contributed by atoms with Gasteiger partial charge in [0, 0.05) is 5.56 Å². The number of nitrogens with zero attached hydrogens (tertiary/aromatic N) is 2. The lowest BCUT2D eigenvalue weighted by Crippen LogP contribution is -1.94. The van der Waals surface area contributed by atoms with Crippen molar-refractivity contribution >= 4 is 11.0 Å². The van der Waals surface area contributed by atoms with Gasteiger partial charge in [0.05, 0.1) is 22.4 Å². The number of hydrogen-bond acceptors (Lipinski definition) is 2. The van der Waals surface area contributed by atoms with Crippen molar-refractivity contribution in [1.82, 2.24) is 9.97 Å². The molecule has 0 unspecified atom stereocenters. The van der Waals surface area contributed by atoms with Gasteiger partial charge in [-0.25, -0.2) is 14.4 Å². The normalized spacial score (nSPS) is 10.8. The summed E-state index contributed by atoms with van der Waals surface area (Å²) in [6, 6.07) is 14.0. The van der Waals surface area contributed by atoms with Gasteiger partial charge in [0.2, 0.25) is 0 Å². The highest BCUT2D eigenvalue weighted by Gasteiger charge is 2.07. The molecule has 0 atom stereocenters. The molecule has 0 aliphatic rings.